The van der Waals surface area contributed by atoms with E-state index in [4.69, 9.17) is 0 Å². The minimum atomic E-state index is -0.186. The summed E-state index contributed by atoms with van der Waals surface area (Å²) in [5.74, 6) is -0.185. The fourth-order valence-corrected chi connectivity index (χ4v) is 3.04. The highest BCUT2D eigenvalue weighted by Crippen LogP contribution is 2.14. The minimum Gasteiger partial charge on any atom is -0.343 e. The van der Waals surface area contributed by atoms with E-state index in [1.165, 1.54) is 0 Å². The molecular formula is C20H22N2O2. The van der Waals surface area contributed by atoms with Gasteiger partial charge >= 0.3 is 0 Å². The van der Waals surface area contributed by atoms with Crippen molar-refractivity contribution < 1.29 is 9.59 Å². The molecule has 2 aromatic carbocycles. The van der Waals surface area contributed by atoms with E-state index in [1.54, 1.807) is 0 Å². The molecule has 0 atom stereocenters. The average Bonchev–Trinajstić information content (AvgIpc) is 3.15. The number of nitrogens with one attached hydrogen (secondary N) is 1. The van der Waals surface area contributed by atoms with Crippen LogP contribution in [-0.2, 0) is 11.2 Å². The molecule has 124 valence electrons. The number of carbonyl (C=O) groups excluding carboxylic acids is 2. The lowest BCUT2D eigenvalue weighted by Crippen LogP contribution is -2.38. The Hall–Kier alpha value is -2.62. The van der Waals surface area contributed by atoms with Gasteiger partial charge in [0.25, 0.3) is 5.91 Å². The van der Waals surface area contributed by atoms with Crippen LogP contribution in [0.3, 0.4) is 0 Å². The Morgan fingerprint density at radius 3 is 2.33 bits per heavy atom. The lowest BCUT2D eigenvalue weighted by atomic mass is 9.99. The van der Waals surface area contributed by atoms with Crippen molar-refractivity contribution in [2.75, 3.05) is 19.6 Å². The smallest absolute Gasteiger partial charge is 0.252 e. The van der Waals surface area contributed by atoms with Crippen LogP contribution in [0.2, 0.25) is 0 Å². The van der Waals surface area contributed by atoms with Gasteiger partial charge in [-0.05, 0) is 36.5 Å². The first-order valence-electron chi connectivity index (χ1n) is 8.42. The number of rotatable bonds is 5. The number of amides is 2. The van der Waals surface area contributed by atoms with E-state index in [0.29, 0.717) is 12.0 Å². The maximum atomic E-state index is 12.5. The van der Waals surface area contributed by atoms with E-state index in [1.807, 2.05) is 59.5 Å². The second kappa shape index (κ2) is 7.77. The van der Waals surface area contributed by atoms with E-state index in [-0.39, 0.29) is 18.4 Å². The topological polar surface area (TPSA) is 49.4 Å². The highest BCUT2D eigenvalue weighted by atomic mass is 16.2. The SMILES string of the molecule is O=C(NCC(=O)N1CCCC1)c1ccccc1Cc1ccccc1. The number of hydrogen-bond donors (Lipinski definition) is 1. The fraction of sp³-hybridized carbons (Fsp3) is 0.300. The molecule has 1 N–H and O–H groups in total. The van der Waals surface area contributed by atoms with Gasteiger partial charge in [-0.15, -0.1) is 0 Å². The molecule has 2 aromatic rings. The third kappa shape index (κ3) is 4.02. The van der Waals surface area contributed by atoms with Crippen molar-refractivity contribution >= 4 is 11.8 Å². The highest BCUT2D eigenvalue weighted by Gasteiger charge is 2.19. The van der Waals surface area contributed by atoms with Crippen molar-refractivity contribution in [2.24, 2.45) is 0 Å². The summed E-state index contributed by atoms with van der Waals surface area (Å²) in [4.78, 5) is 26.4. The predicted molar refractivity (Wildman–Crippen MR) is 93.8 cm³/mol. The van der Waals surface area contributed by atoms with Crippen molar-refractivity contribution in [2.45, 2.75) is 19.3 Å². The molecule has 0 bridgehead atoms. The van der Waals surface area contributed by atoms with Crippen molar-refractivity contribution in [1.82, 2.24) is 10.2 Å². The van der Waals surface area contributed by atoms with Crippen LogP contribution in [0, 0.1) is 0 Å². The average molecular weight is 322 g/mol. The molecule has 3 rings (SSSR count). The molecule has 1 aliphatic rings. The highest BCUT2D eigenvalue weighted by molar-refractivity contribution is 5.97. The van der Waals surface area contributed by atoms with Crippen LogP contribution in [0.1, 0.15) is 34.3 Å². The Labute approximate surface area is 142 Å². The summed E-state index contributed by atoms with van der Waals surface area (Å²) < 4.78 is 0. The summed E-state index contributed by atoms with van der Waals surface area (Å²) in [6.07, 6.45) is 2.81. The largest absolute Gasteiger partial charge is 0.343 e. The minimum absolute atomic E-state index is 0.00129. The van der Waals surface area contributed by atoms with Crippen LogP contribution in [0.4, 0.5) is 0 Å². The van der Waals surface area contributed by atoms with Crippen LogP contribution < -0.4 is 5.32 Å². The van der Waals surface area contributed by atoms with Crippen LogP contribution in [-0.4, -0.2) is 36.3 Å². The second-order valence-corrected chi connectivity index (χ2v) is 6.09. The number of nitrogens with zero attached hydrogens (tertiary/aromatic N) is 1. The van der Waals surface area contributed by atoms with E-state index >= 15 is 0 Å². The van der Waals surface area contributed by atoms with Gasteiger partial charge in [0.2, 0.25) is 5.91 Å². The lowest BCUT2D eigenvalue weighted by molar-refractivity contribution is -0.129. The van der Waals surface area contributed by atoms with Gasteiger partial charge in [-0.25, -0.2) is 0 Å². The zero-order valence-corrected chi connectivity index (χ0v) is 13.7. The van der Waals surface area contributed by atoms with Gasteiger partial charge in [-0.2, -0.15) is 0 Å². The van der Waals surface area contributed by atoms with Crippen LogP contribution in [0.5, 0.6) is 0 Å². The van der Waals surface area contributed by atoms with Crippen LogP contribution in [0.25, 0.3) is 0 Å². The summed E-state index contributed by atoms with van der Waals surface area (Å²) in [7, 11) is 0. The zero-order chi connectivity index (χ0) is 16.8. The first kappa shape index (κ1) is 16.2. The first-order chi connectivity index (χ1) is 11.7. The molecule has 1 aliphatic heterocycles. The van der Waals surface area contributed by atoms with Gasteiger partial charge in [-0.3, -0.25) is 9.59 Å². The van der Waals surface area contributed by atoms with E-state index in [2.05, 4.69) is 5.32 Å². The zero-order valence-electron chi connectivity index (χ0n) is 13.7. The third-order valence-electron chi connectivity index (χ3n) is 4.36. The summed E-state index contributed by atoms with van der Waals surface area (Å²) in [6, 6.07) is 17.6. The summed E-state index contributed by atoms with van der Waals surface area (Å²) in [5.41, 5.74) is 2.76. The van der Waals surface area contributed by atoms with Crippen molar-refractivity contribution in [3.8, 4) is 0 Å². The molecule has 0 saturated carbocycles. The monoisotopic (exact) mass is 322 g/mol. The lowest BCUT2D eigenvalue weighted by Gasteiger charge is -2.16. The van der Waals surface area contributed by atoms with Gasteiger partial charge in [0, 0.05) is 18.7 Å². The van der Waals surface area contributed by atoms with Gasteiger partial charge in [0.05, 0.1) is 6.54 Å². The molecule has 4 nitrogen and oxygen atoms in total. The van der Waals surface area contributed by atoms with Gasteiger partial charge < -0.3 is 10.2 Å². The molecule has 1 fully saturated rings. The van der Waals surface area contributed by atoms with Gasteiger partial charge in [0.1, 0.15) is 0 Å². The molecule has 0 spiro atoms. The second-order valence-electron chi connectivity index (χ2n) is 6.09. The Kier molecular flexibility index (Phi) is 5.26. The number of benzene rings is 2. The Balaban J connectivity index is 1.65. The number of likely N-dealkylation sites (tertiary alicyclic amines) is 1. The van der Waals surface area contributed by atoms with Crippen molar-refractivity contribution in [3.05, 3.63) is 71.3 Å². The molecule has 0 unspecified atom stereocenters. The number of hydrogen-bond acceptors (Lipinski definition) is 2. The van der Waals surface area contributed by atoms with Crippen molar-refractivity contribution in [1.29, 1.82) is 0 Å². The third-order valence-corrected chi connectivity index (χ3v) is 4.36. The first-order valence-corrected chi connectivity index (χ1v) is 8.42. The molecule has 1 saturated heterocycles. The Bertz CT molecular complexity index is 707. The molecule has 4 heteroatoms. The van der Waals surface area contributed by atoms with Gasteiger partial charge in [-0.1, -0.05) is 48.5 Å². The summed E-state index contributed by atoms with van der Waals surface area (Å²) >= 11 is 0. The molecule has 0 radical (unpaired) electrons. The fourth-order valence-electron chi connectivity index (χ4n) is 3.04. The summed E-state index contributed by atoms with van der Waals surface area (Å²) in [5, 5.41) is 2.77. The van der Waals surface area contributed by atoms with E-state index in [0.717, 1.165) is 37.1 Å². The standard InChI is InChI=1S/C20H22N2O2/c23-19(22-12-6-7-13-22)15-21-20(24)18-11-5-4-10-17(18)14-16-8-2-1-3-9-16/h1-5,8-11H,6-7,12-15H2,(H,21,24). The quantitative estimate of drug-likeness (QED) is 0.920. The van der Waals surface area contributed by atoms with Crippen LogP contribution in [0.15, 0.2) is 54.6 Å². The molecule has 1 heterocycles. The molecular weight excluding hydrogens is 300 g/mol. The Morgan fingerprint density at radius 1 is 0.917 bits per heavy atom. The molecule has 2 amide bonds. The molecule has 0 aliphatic carbocycles. The van der Waals surface area contributed by atoms with Crippen LogP contribution >= 0.6 is 0 Å². The van der Waals surface area contributed by atoms with E-state index < -0.39 is 0 Å². The van der Waals surface area contributed by atoms with E-state index in [9.17, 15) is 9.59 Å². The maximum Gasteiger partial charge on any atom is 0.252 e. The van der Waals surface area contributed by atoms with Crippen molar-refractivity contribution in [3.63, 3.8) is 0 Å². The predicted octanol–water partition coefficient (Wildman–Crippen LogP) is 2.63. The van der Waals surface area contributed by atoms with Gasteiger partial charge in [0.15, 0.2) is 0 Å². The normalized spacial score (nSPS) is 13.8. The molecule has 24 heavy (non-hydrogen) atoms. The number of carbonyl (C=O) groups is 2. The Morgan fingerprint density at radius 2 is 1.58 bits per heavy atom. The summed E-state index contributed by atoms with van der Waals surface area (Å²) in [6.45, 7) is 1.68. The maximum absolute atomic E-state index is 12.5. The molecule has 0 aromatic heterocycles.